The highest BCUT2D eigenvalue weighted by Crippen LogP contribution is 2.48. The zero-order valence-electron chi connectivity index (χ0n) is 75.5. The second-order valence-corrected chi connectivity index (χ2v) is 36.6. The number of hydrogen-bond acceptors (Lipinski definition) is 6. The number of aromatic nitrogens is 10. The van der Waals surface area contributed by atoms with Gasteiger partial charge < -0.3 is 9.13 Å². The van der Waals surface area contributed by atoms with Crippen LogP contribution in [0.3, 0.4) is 0 Å². The summed E-state index contributed by atoms with van der Waals surface area (Å²) >= 11 is 0. The van der Waals surface area contributed by atoms with Gasteiger partial charge >= 0.3 is 0 Å². The van der Waals surface area contributed by atoms with Crippen LogP contribution < -0.4 is 0 Å². The van der Waals surface area contributed by atoms with Crippen molar-refractivity contribution in [2.24, 2.45) is 0 Å². The lowest BCUT2D eigenvalue weighted by Crippen LogP contribution is -2.06. The van der Waals surface area contributed by atoms with Crippen molar-refractivity contribution in [2.75, 3.05) is 0 Å². The minimum Gasteiger partial charge on any atom is -0.309 e. The van der Waals surface area contributed by atoms with Crippen LogP contribution in [0.5, 0.6) is 0 Å². The predicted octanol–water partition coefficient (Wildman–Crippen LogP) is 33.7. The average molecular weight is 1780 g/mol. The third-order valence-corrected chi connectivity index (χ3v) is 29.1. The molecule has 6 aromatic heterocycles. The Hall–Kier alpha value is -18.9. The Kier molecular flexibility index (Phi) is 17.6. The number of benzene rings is 24. The van der Waals surface area contributed by atoms with E-state index in [-0.39, 0.29) is 0 Å². The van der Waals surface area contributed by atoms with Gasteiger partial charge in [-0.2, -0.15) is 19.9 Å². The molecule has 0 unspecified atom stereocenters. The normalized spacial score (nSPS) is 12.0. The second kappa shape index (κ2) is 31.4. The lowest BCUT2D eigenvalue weighted by Gasteiger charge is -2.16. The Morgan fingerprint density at radius 3 is 0.721 bits per heavy atom. The summed E-state index contributed by atoms with van der Waals surface area (Å²) in [4.78, 5) is 32.0. The summed E-state index contributed by atoms with van der Waals surface area (Å²) in [5, 5.41) is 33.5. The van der Waals surface area contributed by atoms with Gasteiger partial charge in [-0.25, -0.2) is 9.97 Å². The van der Waals surface area contributed by atoms with Crippen molar-refractivity contribution in [1.82, 2.24) is 48.2 Å². The molecule has 30 aromatic rings. The van der Waals surface area contributed by atoms with E-state index in [1.54, 1.807) is 0 Å². The Morgan fingerprint density at radius 1 is 0.136 bits per heavy atom. The molecule has 10 heteroatoms. The number of nitrogens with zero attached hydrogens (tertiary/aromatic N) is 10. The second-order valence-electron chi connectivity index (χ2n) is 36.6. The Morgan fingerprint density at radius 2 is 0.371 bits per heavy atom. The highest BCUT2D eigenvalue weighted by atomic mass is 15.2. The molecule has 10 nitrogen and oxygen atoms in total. The lowest BCUT2D eigenvalue weighted by molar-refractivity contribution is 0.955. The molecule has 6 heterocycles. The molecule has 30 rings (SSSR count). The molecule has 0 spiro atoms. The molecule has 0 fully saturated rings. The SMILES string of the molecule is c1ccc2c(-c3nc(-c4cccc5ccccc45)nc(-n4c5ccccc5c5cc(-c6ccc7c(c6)c6ccccc6n7-c6ccc7c8ccccc8c8ccccc8c7c6)ccc54)n3)cccc2c1.c1ccc2c(-c3nc(-c4cccc5ccccc45)nc(-n4c5ccccc5c5cc(-c6ccc7c(c6)c6ccccc6n7-c6cccc7c8ccccc8c8ccccc8c67)ccc54)n3)cccc2c1. The van der Waals surface area contributed by atoms with Gasteiger partial charge in [0, 0.05) is 76.4 Å². The third-order valence-electron chi connectivity index (χ3n) is 29.1. The van der Waals surface area contributed by atoms with E-state index < -0.39 is 0 Å². The van der Waals surface area contributed by atoms with Crippen LogP contribution in [0.4, 0.5) is 0 Å². The maximum absolute atomic E-state index is 5.36. The van der Waals surface area contributed by atoms with Crippen molar-refractivity contribution >= 4 is 195 Å². The zero-order valence-corrected chi connectivity index (χ0v) is 75.5. The van der Waals surface area contributed by atoms with Crippen LogP contribution >= 0.6 is 0 Å². The van der Waals surface area contributed by atoms with Crippen molar-refractivity contribution in [3.63, 3.8) is 0 Å². The minimum atomic E-state index is 0.572. The maximum atomic E-state index is 5.36. The highest BCUT2D eigenvalue weighted by Gasteiger charge is 2.27. The predicted molar refractivity (Wildman–Crippen MR) is 585 cm³/mol. The van der Waals surface area contributed by atoms with E-state index in [0.717, 1.165) is 137 Å². The fourth-order valence-corrected chi connectivity index (χ4v) is 22.8. The molecule has 140 heavy (non-hydrogen) atoms. The Labute approximate surface area is 801 Å². The molecule has 0 atom stereocenters. The van der Waals surface area contributed by atoms with Gasteiger partial charge in [0.1, 0.15) is 0 Å². The van der Waals surface area contributed by atoms with E-state index in [0.29, 0.717) is 35.2 Å². The molecule has 0 aliphatic carbocycles. The first-order valence-electron chi connectivity index (χ1n) is 47.7. The molecule has 0 N–H and O–H groups in total. The van der Waals surface area contributed by atoms with Gasteiger partial charge in [0.15, 0.2) is 23.3 Å². The zero-order chi connectivity index (χ0) is 91.7. The summed E-state index contributed by atoms with van der Waals surface area (Å²) in [6.07, 6.45) is 0. The monoisotopic (exact) mass is 1780 g/mol. The van der Waals surface area contributed by atoms with Gasteiger partial charge in [0.25, 0.3) is 0 Å². The molecule has 0 aliphatic rings. The number of fused-ring (bicyclic) bond motifs is 28. The van der Waals surface area contributed by atoms with Crippen LogP contribution in [0.1, 0.15) is 0 Å². The van der Waals surface area contributed by atoms with Crippen molar-refractivity contribution in [2.45, 2.75) is 0 Å². The maximum Gasteiger partial charge on any atom is 0.238 e. The molecule has 0 bridgehead atoms. The quantitative estimate of drug-likeness (QED) is 0.127. The third kappa shape index (κ3) is 12.3. The number of para-hydroxylation sites is 4. The molecule has 24 aromatic carbocycles. The van der Waals surface area contributed by atoms with Crippen LogP contribution in [0.2, 0.25) is 0 Å². The first-order valence-corrected chi connectivity index (χ1v) is 47.7. The Bertz CT molecular complexity index is 10200. The summed E-state index contributed by atoms with van der Waals surface area (Å²) < 4.78 is 9.34. The summed E-state index contributed by atoms with van der Waals surface area (Å²) in [6, 6.07) is 171. The molecule has 0 radical (unpaired) electrons. The minimum absolute atomic E-state index is 0.572. The van der Waals surface area contributed by atoms with Crippen LogP contribution in [-0.4, -0.2) is 48.2 Å². The molecule has 0 saturated heterocycles. The fraction of sp³-hybridized carbons (Fsp3) is 0. The van der Waals surface area contributed by atoms with Crippen LogP contribution in [0.25, 0.3) is 286 Å². The van der Waals surface area contributed by atoms with Gasteiger partial charge in [-0.15, -0.1) is 0 Å². The van der Waals surface area contributed by atoms with E-state index in [2.05, 4.69) is 491 Å². The fourth-order valence-electron chi connectivity index (χ4n) is 22.8. The smallest absolute Gasteiger partial charge is 0.238 e. The molecule has 0 aliphatic heterocycles. The standard InChI is InChI=1S/2C65H39N5/c1-3-20-44-40(16-1)18-13-29-53(44)63-66-64(54-30-14-19-41-17-2-4-21-45(41)54)68-65(67-63)70-58-32-12-10-26-50(58)56-39-43(35-37-60(56)70)42-34-36-59-55(38-42)49-25-9-11-31-57(49)69(59)61-33-15-28-52-48-23-6-5-22-46(48)47-24-7-8-27-51(47)62(52)61;1-3-19-45-40(15-1)17-13-27-54(45)63-66-64(55-28-14-18-41-16-2-4-20-46(41)55)68-65(67-63)70-60-30-12-10-26-53(60)58-38-43(32-36-62(58)70)42-31-35-61-57(37-42)52-25-9-11-29-59(52)69(61)44-33-34-51-49-23-6-5-21-47(49)48-22-7-8-24-50(48)56(51)39-44/h2*1-39H. The van der Waals surface area contributed by atoms with Gasteiger partial charge in [0.05, 0.1) is 49.8 Å². The molecular weight excluding hydrogens is 1700 g/mol. The first kappa shape index (κ1) is 78.6. The summed E-state index contributed by atoms with van der Waals surface area (Å²) in [6.45, 7) is 0. The number of rotatable bonds is 10. The van der Waals surface area contributed by atoms with Crippen molar-refractivity contribution in [1.29, 1.82) is 0 Å². The van der Waals surface area contributed by atoms with Gasteiger partial charge in [-0.05, 0) is 216 Å². The van der Waals surface area contributed by atoms with Crippen LogP contribution in [0.15, 0.2) is 473 Å². The molecule has 0 amide bonds. The van der Waals surface area contributed by atoms with E-state index in [1.165, 1.54) is 114 Å². The van der Waals surface area contributed by atoms with E-state index >= 15 is 0 Å². The van der Waals surface area contributed by atoms with E-state index in [9.17, 15) is 0 Å². The summed E-state index contributed by atoms with van der Waals surface area (Å²) in [7, 11) is 0. The first-order chi connectivity index (χ1) is 69.4. The topological polar surface area (TPSA) is 97.1 Å². The van der Waals surface area contributed by atoms with E-state index in [1.807, 2.05) is 0 Å². The Balaban J connectivity index is 0.000000134. The lowest BCUT2D eigenvalue weighted by atomic mass is 9.93. The molecule has 0 saturated carbocycles. The van der Waals surface area contributed by atoms with Crippen LogP contribution in [0, 0.1) is 0 Å². The molecule has 648 valence electrons. The average Bonchev–Trinajstić information content (AvgIpc) is 1.60. The van der Waals surface area contributed by atoms with Crippen molar-refractivity contribution < 1.29 is 0 Å². The number of hydrogen-bond donors (Lipinski definition) is 0. The molecular formula is C130H78N10. The van der Waals surface area contributed by atoms with Gasteiger partial charge in [-0.3, -0.25) is 9.13 Å². The van der Waals surface area contributed by atoms with Crippen molar-refractivity contribution in [3.8, 4) is 91.1 Å². The van der Waals surface area contributed by atoms with Crippen molar-refractivity contribution in [3.05, 3.63) is 473 Å². The van der Waals surface area contributed by atoms with Gasteiger partial charge in [-0.1, -0.05) is 382 Å². The van der Waals surface area contributed by atoms with Crippen LogP contribution in [-0.2, 0) is 0 Å². The highest BCUT2D eigenvalue weighted by molar-refractivity contribution is 6.29. The largest absolute Gasteiger partial charge is 0.309 e. The van der Waals surface area contributed by atoms with Gasteiger partial charge in [0.2, 0.25) is 11.9 Å². The summed E-state index contributed by atoms with van der Waals surface area (Å²) in [5.74, 6) is 3.66. The summed E-state index contributed by atoms with van der Waals surface area (Å²) in [5.41, 5.74) is 19.6. The van der Waals surface area contributed by atoms with E-state index in [4.69, 9.17) is 29.9 Å².